The molecule has 1 N–H and O–H groups in total. The van der Waals surface area contributed by atoms with Gasteiger partial charge in [0, 0.05) is 24.8 Å². The van der Waals surface area contributed by atoms with Crippen LogP contribution in [-0.4, -0.2) is 4.98 Å². The lowest BCUT2D eigenvalue weighted by Crippen LogP contribution is -2.15. The first kappa shape index (κ1) is 13.2. The number of rotatable bonds is 4. The predicted octanol–water partition coefficient (Wildman–Crippen LogP) is 2.69. The van der Waals surface area contributed by atoms with Crippen molar-refractivity contribution in [3.05, 3.63) is 64.7 Å². The van der Waals surface area contributed by atoms with Gasteiger partial charge in [-0.2, -0.15) is 5.26 Å². The van der Waals surface area contributed by atoms with E-state index < -0.39 is 5.82 Å². The Bertz CT molecular complexity index is 617. The molecule has 19 heavy (non-hydrogen) atoms. The van der Waals surface area contributed by atoms with E-state index in [1.165, 1.54) is 6.07 Å². The van der Waals surface area contributed by atoms with Crippen LogP contribution < -0.4 is 5.32 Å². The number of nitrogens with one attached hydrogen (secondary N) is 1. The fraction of sp³-hybridized carbons (Fsp3) is 0.200. The smallest absolute Gasteiger partial charge is 0.145 e. The van der Waals surface area contributed by atoms with Crippen molar-refractivity contribution < 1.29 is 4.39 Å². The third-order valence-electron chi connectivity index (χ3n) is 2.92. The molecular formula is C15H14FN3. The molecule has 1 heterocycles. The first-order valence-corrected chi connectivity index (χ1v) is 6.01. The van der Waals surface area contributed by atoms with E-state index in [1.54, 1.807) is 18.3 Å². The van der Waals surface area contributed by atoms with Gasteiger partial charge in [0.05, 0.1) is 11.3 Å². The Hall–Kier alpha value is -2.25. The highest BCUT2D eigenvalue weighted by Crippen LogP contribution is 2.12. The first-order valence-electron chi connectivity index (χ1n) is 6.01. The molecule has 1 aromatic heterocycles. The van der Waals surface area contributed by atoms with Crippen LogP contribution in [-0.2, 0) is 13.1 Å². The Morgan fingerprint density at radius 1 is 1.26 bits per heavy atom. The zero-order valence-corrected chi connectivity index (χ0v) is 10.7. The maximum atomic E-state index is 13.8. The molecule has 0 fully saturated rings. The van der Waals surface area contributed by atoms with E-state index in [1.807, 2.05) is 25.1 Å². The molecule has 0 saturated heterocycles. The highest BCUT2D eigenvalue weighted by Gasteiger charge is 2.07. The summed E-state index contributed by atoms with van der Waals surface area (Å²) in [6.07, 6.45) is 1.74. The Labute approximate surface area is 111 Å². The number of nitriles is 1. The number of hydrogen-bond acceptors (Lipinski definition) is 3. The Morgan fingerprint density at radius 2 is 2.11 bits per heavy atom. The van der Waals surface area contributed by atoms with Gasteiger partial charge in [0.1, 0.15) is 11.9 Å². The zero-order chi connectivity index (χ0) is 13.7. The monoisotopic (exact) mass is 255 g/mol. The van der Waals surface area contributed by atoms with Gasteiger partial charge in [0.2, 0.25) is 0 Å². The van der Waals surface area contributed by atoms with E-state index in [9.17, 15) is 4.39 Å². The van der Waals surface area contributed by atoms with Gasteiger partial charge in [-0.3, -0.25) is 4.98 Å². The summed E-state index contributed by atoms with van der Waals surface area (Å²) in [5.41, 5.74) is 2.61. The van der Waals surface area contributed by atoms with E-state index in [0.717, 1.165) is 11.3 Å². The minimum Gasteiger partial charge on any atom is -0.307 e. The number of pyridine rings is 1. The van der Waals surface area contributed by atoms with Crippen molar-refractivity contribution in [3.8, 4) is 6.07 Å². The van der Waals surface area contributed by atoms with Crippen molar-refractivity contribution in [2.24, 2.45) is 0 Å². The number of nitrogens with zero attached hydrogens (tertiary/aromatic N) is 2. The molecule has 2 rings (SSSR count). The van der Waals surface area contributed by atoms with Crippen LogP contribution in [0, 0.1) is 24.1 Å². The maximum absolute atomic E-state index is 13.8. The van der Waals surface area contributed by atoms with Crippen molar-refractivity contribution in [2.45, 2.75) is 20.0 Å². The van der Waals surface area contributed by atoms with Crippen molar-refractivity contribution in [2.75, 3.05) is 0 Å². The highest BCUT2D eigenvalue weighted by atomic mass is 19.1. The summed E-state index contributed by atoms with van der Waals surface area (Å²) < 4.78 is 13.8. The molecule has 0 amide bonds. The second-order valence-corrected chi connectivity index (χ2v) is 4.26. The van der Waals surface area contributed by atoms with E-state index in [-0.39, 0.29) is 5.56 Å². The summed E-state index contributed by atoms with van der Waals surface area (Å²) in [4.78, 5) is 4.26. The molecule has 3 nitrogen and oxygen atoms in total. The lowest BCUT2D eigenvalue weighted by atomic mass is 10.1. The average Bonchev–Trinajstić information content (AvgIpc) is 2.43. The minimum absolute atomic E-state index is 0.0771. The van der Waals surface area contributed by atoms with Gasteiger partial charge in [0.15, 0.2) is 0 Å². The quantitative estimate of drug-likeness (QED) is 0.913. The fourth-order valence-electron chi connectivity index (χ4n) is 1.82. The molecule has 0 aliphatic rings. The Balaban J connectivity index is 2.01. The highest BCUT2D eigenvalue weighted by molar-refractivity contribution is 5.34. The normalized spacial score (nSPS) is 10.2. The van der Waals surface area contributed by atoms with E-state index in [2.05, 4.69) is 10.3 Å². The van der Waals surface area contributed by atoms with Crippen molar-refractivity contribution in [1.29, 1.82) is 5.26 Å². The fourth-order valence-corrected chi connectivity index (χ4v) is 1.82. The van der Waals surface area contributed by atoms with E-state index in [4.69, 9.17) is 5.26 Å². The van der Waals surface area contributed by atoms with Gasteiger partial charge in [-0.25, -0.2) is 4.39 Å². The summed E-state index contributed by atoms with van der Waals surface area (Å²) in [6, 6.07) is 10.5. The van der Waals surface area contributed by atoms with Crippen LogP contribution in [0.5, 0.6) is 0 Å². The molecule has 0 bridgehead atoms. The lowest BCUT2D eigenvalue weighted by molar-refractivity contribution is 0.582. The molecule has 0 aliphatic heterocycles. The summed E-state index contributed by atoms with van der Waals surface area (Å²) in [5.74, 6) is -0.449. The number of halogens is 1. The minimum atomic E-state index is -0.449. The average molecular weight is 255 g/mol. The van der Waals surface area contributed by atoms with Crippen LogP contribution in [0.25, 0.3) is 0 Å². The molecule has 0 saturated carbocycles. The van der Waals surface area contributed by atoms with Gasteiger partial charge in [-0.15, -0.1) is 0 Å². The topological polar surface area (TPSA) is 48.7 Å². The Kier molecular flexibility index (Phi) is 4.22. The number of aromatic nitrogens is 1. The van der Waals surface area contributed by atoms with Crippen LogP contribution in [0.3, 0.4) is 0 Å². The molecule has 96 valence electrons. The number of aryl methyl sites for hydroxylation is 1. The lowest BCUT2D eigenvalue weighted by Gasteiger charge is -2.08. The van der Waals surface area contributed by atoms with E-state index >= 15 is 0 Å². The van der Waals surface area contributed by atoms with Crippen molar-refractivity contribution >= 4 is 0 Å². The van der Waals surface area contributed by atoms with Crippen LogP contribution in [0.4, 0.5) is 4.39 Å². The summed E-state index contributed by atoms with van der Waals surface area (Å²) >= 11 is 0. The summed E-state index contributed by atoms with van der Waals surface area (Å²) in [7, 11) is 0. The van der Waals surface area contributed by atoms with Crippen molar-refractivity contribution in [3.63, 3.8) is 0 Å². The third-order valence-corrected chi connectivity index (χ3v) is 2.92. The van der Waals surface area contributed by atoms with Gasteiger partial charge in [0.25, 0.3) is 0 Å². The molecule has 0 atom stereocenters. The maximum Gasteiger partial charge on any atom is 0.145 e. The SMILES string of the molecule is Cc1cccnc1CNCc1cccc(C#N)c1F. The summed E-state index contributed by atoms with van der Waals surface area (Å²) in [6.45, 7) is 2.93. The summed E-state index contributed by atoms with van der Waals surface area (Å²) in [5, 5.41) is 11.9. The van der Waals surface area contributed by atoms with Gasteiger partial charge >= 0.3 is 0 Å². The van der Waals surface area contributed by atoms with Crippen molar-refractivity contribution in [1.82, 2.24) is 10.3 Å². The molecule has 4 heteroatoms. The number of hydrogen-bond donors (Lipinski definition) is 1. The standard InChI is InChI=1S/C15H14FN3/c1-11-4-3-7-19-14(11)10-18-9-13-6-2-5-12(8-17)15(13)16/h2-7,18H,9-10H2,1H3. The first-order chi connectivity index (χ1) is 9.22. The van der Waals surface area contributed by atoms with Gasteiger partial charge in [-0.05, 0) is 24.6 Å². The predicted molar refractivity (Wildman–Crippen MR) is 70.6 cm³/mol. The van der Waals surface area contributed by atoms with Gasteiger partial charge in [-0.1, -0.05) is 18.2 Å². The molecule has 0 unspecified atom stereocenters. The van der Waals surface area contributed by atoms with E-state index in [0.29, 0.717) is 18.7 Å². The second kappa shape index (κ2) is 6.07. The molecule has 2 aromatic rings. The molecule has 1 aromatic carbocycles. The number of benzene rings is 1. The van der Waals surface area contributed by atoms with Crippen LogP contribution >= 0.6 is 0 Å². The van der Waals surface area contributed by atoms with Crippen LogP contribution in [0.1, 0.15) is 22.4 Å². The van der Waals surface area contributed by atoms with Gasteiger partial charge < -0.3 is 5.32 Å². The second-order valence-electron chi connectivity index (χ2n) is 4.26. The molecular weight excluding hydrogens is 241 g/mol. The Morgan fingerprint density at radius 3 is 2.84 bits per heavy atom. The molecule has 0 radical (unpaired) electrons. The largest absolute Gasteiger partial charge is 0.307 e. The zero-order valence-electron chi connectivity index (χ0n) is 10.7. The molecule has 0 aliphatic carbocycles. The molecule has 0 spiro atoms. The van der Waals surface area contributed by atoms with Crippen LogP contribution in [0.2, 0.25) is 0 Å². The third kappa shape index (κ3) is 3.15. The van der Waals surface area contributed by atoms with Crippen LogP contribution in [0.15, 0.2) is 36.5 Å².